The minimum absolute atomic E-state index is 0.506. The summed E-state index contributed by atoms with van der Waals surface area (Å²) < 4.78 is 8.93. The van der Waals surface area contributed by atoms with E-state index in [1.54, 1.807) is 9.36 Å². The first kappa shape index (κ1) is 12.3. The summed E-state index contributed by atoms with van der Waals surface area (Å²) in [7, 11) is 0. The van der Waals surface area contributed by atoms with Crippen molar-refractivity contribution in [1.29, 1.82) is 0 Å². The van der Waals surface area contributed by atoms with Crippen LogP contribution in [0, 0.1) is 0 Å². The van der Waals surface area contributed by atoms with Gasteiger partial charge >= 0.3 is 0 Å². The fraction of sp³-hybridized carbons (Fsp3) is 0.250. The minimum Gasteiger partial charge on any atom is -0.492 e. The molecule has 0 bridgehead atoms. The van der Waals surface area contributed by atoms with Crippen LogP contribution in [0.1, 0.15) is 5.69 Å². The molecule has 0 aliphatic heterocycles. The highest BCUT2D eigenvalue weighted by Gasteiger charge is 2.03. The molecular weight excluding hydrogens is 258 g/mol. The van der Waals surface area contributed by atoms with Crippen LogP contribution in [0.25, 0.3) is 0 Å². The molecule has 0 saturated heterocycles. The van der Waals surface area contributed by atoms with Gasteiger partial charge in [0.05, 0.1) is 19.3 Å². The maximum Gasteiger partial charge on any atom is 0.138 e. The third kappa shape index (κ3) is 3.16. The Bertz CT molecular complexity index is 635. The van der Waals surface area contributed by atoms with E-state index in [4.69, 9.17) is 4.74 Å². The zero-order chi connectivity index (χ0) is 13.6. The maximum atomic E-state index is 5.60. The first-order valence-corrected chi connectivity index (χ1v) is 6.18. The molecule has 2 aromatic heterocycles. The van der Waals surface area contributed by atoms with Crippen molar-refractivity contribution in [2.45, 2.75) is 13.1 Å². The lowest BCUT2D eigenvalue weighted by atomic mass is 10.3. The molecule has 102 valence electrons. The number of aromatic nitrogens is 7. The molecule has 0 radical (unpaired) electrons. The molecule has 0 aliphatic carbocycles. The molecule has 8 heteroatoms. The van der Waals surface area contributed by atoms with Gasteiger partial charge in [0.1, 0.15) is 24.4 Å². The van der Waals surface area contributed by atoms with Gasteiger partial charge < -0.3 is 4.74 Å². The number of hydrogen-bond donors (Lipinski definition) is 0. The normalized spacial score (nSPS) is 10.6. The molecule has 8 nitrogen and oxygen atoms in total. The SMILES string of the molecule is c1ccc(OCCn2cc(Cn3cnnn3)nn2)cc1. The molecule has 2 heterocycles. The molecule has 0 spiro atoms. The summed E-state index contributed by atoms with van der Waals surface area (Å²) in [6.07, 6.45) is 3.40. The lowest BCUT2D eigenvalue weighted by Gasteiger charge is -2.04. The molecule has 3 rings (SSSR count). The number of para-hydroxylation sites is 1. The molecule has 0 fully saturated rings. The summed E-state index contributed by atoms with van der Waals surface area (Å²) in [5.41, 5.74) is 0.803. The lowest BCUT2D eigenvalue weighted by Crippen LogP contribution is -2.08. The van der Waals surface area contributed by atoms with Crippen LogP contribution in [0.5, 0.6) is 5.75 Å². The van der Waals surface area contributed by atoms with Gasteiger partial charge in [0.25, 0.3) is 0 Å². The van der Waals surface area contributed by atoms with Crippen molar-refractivity contribution in [2.75, 3.05) is 6.61 Å². The van der Waals surface area contributed by atoms with Crippen molar-refractivity contribution in [2.24, 2.45) is 0 Å². The lowest BCUT2D eigenvalue weighted by molar-refractivity contribution is 0.289. The molecule has 0 amide bonds. The van der Waals surface area contributed by atoms with Crippen LogP contribution < -0.4 is 4.74 Å². The van der Waals surface area contributed by atoms with Gasteiger partial charge in [-0.2, -0.15) is 0 Å². The van der Waals surface area contributed by atoms with Crippen molar-refractivity contribution >= 4 is 0 Å². The van der Waals surface area contributed by atoms with Crippen molar-refractivity contribution < 1.29 is 4.74 Å². The van der Waals surface area contributed by atoms with Crippen LogP contribution in [0.4, 0.5) is 0 Å². The Labute approximate surface area is 115 Å². The Hall–Kier alpha value is -2.77. The predicted molar refractivity (Wildman–Crippen MR) is 68.9 cm³/mol. The van der Waals surface area contributed by atoms with E-state index in [0.29, 0.717) is 19.7 Å². The third-order valence-corrected chi connectivity index (χ3v) is 2.63. The average Bonchev–Trinajstić information content (AvgIpc) is 3.13. The van der Waals surface area contributed by atoms with Crippen LogP contribution in [0.2, 0.25) is 0 Å². The van der Waals surface area contributed by atoms with Crippen molar-refractivity contribution in [3.63, 3.8) is 0 Å². The fourth-order valence-electron chi connectivity index (χ4n) is 1.71. The van der Waals surface area contributed by atoms with E-state index in [-0.39, 0.29) is 0 Å². The van der Waals surface area contributed by atoms with Crippen LogP contribution in [-0.2, 0) is 13.1 Å². The zero-order valence-corrected chi connectivity index (χ0v) is 10.7. The molecule has 0 unspecified atom stereocenters. The van der Waals surface area contributed by atoms with Gasteiger partial charge in [-0.25, -0.2) is 9.36 Å². The van der Waals surface area contributed by atoms with E-state index in [1.165, 1.54) is 6.33 Å². The molecule has 0 N–H and O–H groups in total. The molecule has 0 saturated carbocycles. The molecule has 0 aliphatic rings. The number of benzene rings is 1. The molecule has 1 aromatic carbocycles. The molecule has 3 aromatic rings. The largest absolute Gasteiger partial charge is 0.492 e. The van der Waals surface area contributed by atoms with Crippen molar-refractivity contribution in [3.8, 4) is 5.75 Å². The maximum absolute atomic E-state index is 5.60. The van der Waals surface area contributed by atoms with Crippen LogP contribution in [-0.4, -0.2) is 41.8 Å². The Morgan fingerprint density at radius 1 is 1.05 bits per heavy atom. The Kier molecular flexibility index (Phi) is 3.63. The monoisotopic (exact) mass is 271 g/mol. The Morgan fingerprint density at radius 3 is 2.75 bits per heavy atom. The quantitative estimate of drug-likeness (QED) is 0.645. The molecule has 0 atom stereocenters. The van der Waals surface area contributed by atoms with Crippen LogP contribution in [0.3, 0.4) is 0 Å². The standard InChI is InChI=1S/C12H13N7O/c1-2-4-12(5-3-1)20-7-6-18-8-11(14-16-18)9-19-10-13-15-17-19/h1-5,8,10H,6-7,9H2. The summed E-state index contributed by atoms with van der Waals surface area (Å²) in [6.45, 7) is 1.68. The third-order valence-electron chi connectivity index (χ3n) is 2.63. The smallest absolute Gasteiger partial charge is 0.138 e. The van der Waals surface area contributed by atoms with Crippen molar-refractivity contribution in [1.82, 2.24) is 35.2 Å². The Morgan fingerprint density at radius 2 is 1.95 bits per heavy atom. The van der Waals surface area contributed by atoms with E-state index < -0.39 is 0 Å². The second-order valence-corrected chi connectivity index (χ2v) is 4.14. The summed E-state index contributed by atoms with van der Waals surface area (Å²) in [5.74, 6) is 0.849. The zero-order valence-electron chi connectivity index (χ0n) is 10.7. The second kappa shape index (κ2) is 5.91. The number of tetrazole rings is 1. The van der Waals surface area contributed by atoms with Gasteiger partial charge in [-0.1, -0.05) is 23.4 Å². The van der Waals surface area contributed by atoms with Crippen LogP contribution >= 0.6 is 0 Å². The summed E-state index contributed by atoms with van der Waals surface area (Å²) >= 11 is 0. The van der Waals surface area contributed by atoms with E-state index in [2.05, 4.69) is 25.8 Å². The van der Waals surface area contributed by atoms with Gasteiger partial charge in [0, 0.05) is 0 Å². The first-order chi connectivity index (χ1) is 9.90. The first-order valence-electron chi connectivity index (χ1n) is 6.18. The van der Waals surface area contributed by atoms with E-state index in [0.717, 1.165) is 11.4 Å². The number of nitrogens with zero attached hydrogens (tertiary/aromatic N) is 7. The topological polar surface area (TPSA) is 83.5 Å². The molecular formula is C12H13N7O. The summed E-state index contributed by atoms with van der Waals surface area (Å²) in [4.78, 5) is 0. The second-order valence-electron chi connectivity index (χ2n) is 4.14. The van der Waals surface area contributed by atoms with Crippen molar-refractivity contribution in [3.05, 3.63) is 48.5 Å². The van der Waals surface area contributed by atoms with Crippen LogP contribution in [0.15, 0.2) is 42.9 Å². The number of rotatable bonds is 6. The van der Waals surface area contributed by atoms with Gasteiger partial charge in [-0.15, -0.1) is 10.2 Å². The average molecular weight is 271 g/mol. The van der Waals surface area contributed by atoms with Gasteiger partial charge in [-0.05, 0) is 22.6 Å². The Balaban J connectivity index is 1.50. The number of ether oxygens (including phenoxy) is 1. The fourth-order valence-corrected chi connectivity index (χ4v) is 1.71. The highest BCUT2D eigenvalue weighted by molar-refractivity contribution is 5.20. The van der Waals surface area contributed by atoms with Gasteiger partial charge in [0.2, 0.25) is 0 Å². The highest BCUT2D eigenvalue weighted by atomic mass is 16.5. The van der Waals surface area contributed by atoms with E-state index in [9.17, 15) is 0 Å². The summed E-state index contributed by atoms with van der Waals surface area (Å²) in [6, 6.07) is 9.68. The highest BCUT2D eigenvalue weighted by Crippen LogP contribution is 2.08. The van der Waals surface area contributed by atoms with E-state index >= 15 is 0 Å². The van der Waals surface area contributed by atoms with Gasteiger partial charge in [0.15, 0.2) is 0 Å². The predicted octanol–water partition coefficient (Wildman–Crippen LogP) is 0.392. The minimum atomic E-state index is 0.506. The molecule has 20 heavy (non-hydrogen) atoms. The summed E-state index contributed by atoms with van der Waals surface area (Å²) in [5, 5.41) is 19.0. The number of hydrogen-bond acceptors (Lipinski definition) is 6. The van der Waals surface area contributed by atoms with E-state index in [1.807, 2.05) is 36.5 Å². The van der Waals surface area contributed by atoms with Gasteiger partial charge in [-0.3, -0.25) is 0 Å².